The van der Waals surface area contributed by atoms with E-state index in [0.717, 1.165) is 30.5 Å². The molecule has 2 aromatic carbocycles. The SMILES string of the molecule is CCCCN1Cc2c(n(CC(=O)c3ccc(OC(F)(F)F)cc3)c3cc(-c4ccccc4)nn3c2=O)C1=O. The van der Waals surface area contributed by atoms with Crippen LogP contribution in [0.15, 0.2) is 65.5 Å². The van der Waals surface area contributed by atoms with Gasteiger partial charge in [0.25, 0.3) is 11.5 Å². The number of unbranched alkanes of at least 4 members (excludes halogenated alkanes) is 1. The van der Waals surface area contributed by atoms with E-state index in [-0.39, 0.29) is 41.5 Å². The van der Waals surface area contributed by atoms with Gasteiger partial charge in [-0.2, -0.15) is 9.61 Å². The Morgan fingerprint density at radius 3 is 2.42 bits per heavy atom. The number of fused-ring (bicyclic) bond motifs is 2. The molecule has 38 heavy (non-hydrogen) atoms. The molecule has 0 bridgehead atoms. The Hall–Kier alpha value is -4.41. The lowest BCUT2D eigenvalue weighted by Crippen LogP contribution is -2.28. The summed E-state index contributed by atoms with van der Waals surface area (Å²) in [5, 5.41) is 4.48. The van der Waals surface area contributed by atoms with Crippen LogP contribution in [-0.4, -0.2) is 43.7 Å². The summed E-state index contributed by atoms with van der Waals surface area (Å²) >= 11 is 0. The molecule has 0 aliphatic carbocycles. The number of rotatable bonds is 8. The molecule has 1 aliphatic rings. The zero-order valence-electron chi connectivity index (χ0n) is 20.4. The number of alkyl halides is 3. The predicted octanol–water partition coefficient (Wildman–Crippen LogP) is 4.70. The highest BCUT2D eigenvalue weighted by Crippen LogP contribution is 2.27. The molecule has 0 saturated heterocycles. The first-order chi connectivity index (χ1) is 18.2. The van der Waals surface area contributed by atoms with Crippen LogP contribution < -0.4 is 10.3 Å². The van der Waals surface area contributed by atoms with Crippen LogP contribution in [0.5, 0.6) is 5.75 Å². The van der Waals surface area contributed by atoms with Crippen molar-refractivity contribution in [2.45, 2.75) is 39.2 Å². The highest BCUT2D eigenvalue weighted by atomic mass is 19.4. The van der Waals surface area contributed by atoms with E-state index in [0.29, 0.717) is 12.2 Å². The van der Waals surface area contributed by atoms with Gasteiger partial charge in [0.2, 0.25) is 0 Å². The van der Waals surface area contributed by atoms with Gasteiger partial charge in [0.1, 0.15) is 17.1 Å². The van der Waals surface area contributed by atoms with E-state index in [1.165, 1.54) is 21.2 Å². The lowest BCUT2D eigenvalue weighted by atomic mass is 10.1. The molecule has 0 saturated carbocycles. The number of aromatic nitrogens is 3. The van der Waals surface area contributed by atoms with Gasteiger partial charge in [-0.25, -0.2) is 0 Å². The molecule has 3 heterocycles. The molecular formula is C27H23F3N4O4. The molecule has 0 atom stereocenters. The highest BCUT2D eigenvalue weighted by molar-refractivity contribution is 6.00. The molecule has 4 aromatic rings. The van der Waals surface area contributed by atoms with E-state index in [1.54, 1.807) is 11.0 Å². The first kappa shape index (κ1) is 25.2. The van der Waals surface area contributed by atoms with Crippen molar-refractivity contribution in [2.24, 2.45) is 0 Å². The minimum Gasteiger partial charge on any atom is -0.406 e. The third-order valence-electron chi connectivity index (χ3n) is 6.37. The maximum atomic E-state index is 13.4. The van der Waals surface area contributed by atoms with Crippen molar-refractivity contribution in [3.8, 4) is 17.0 Å². The molecule has 0 fully saturated rings. The molecule has 0 unspecified atom stereocenters. The van der Waals surface area contributed by atoms with Gasteiger partial charge in [-0.1, -0.05) is 43.7 Å². The summed E-state index contributed by atoms with van der Waals surface area (Å²) in [6, 6.07) is 15.4. The molecule has 1 aliphatic heterocycles. The maximum Gasteiger partial charge on any atom is 0.573 e. The van der Waals surface area contributed by atoms with E-state index < -0.39 is 23.5 Å². The average molecular weight is 524 g/mol. The largest absolute Gasteiger partial charge is 0.573 e. The Bertz CT molecular complexity index is 1570. The number of benzene rings is 2. The van der Waals surface area contributed by atoms with Gasteiger partial charge in [0.05, 0.1) is 24.3 Å². The summed E-state index contributed by atoms with van der Waals surface area (Å²) in [4.78, 5) is 41.6. The fourth-order valence-corrected chi connectivity index (χ4v) is 4.54. The number of hydrogen-bond acceptors (Lipinski definition) is 5. The quantitative estimate of drug-likeness (QED) is 0.312. The van der Waals surface area contributed by atoms with E-state index in [9.17, 15) is 27.6 Å². The maximum absolute atomic E-state index is 13.4. The molecule has 0 N–H and O–H groups in total. The minimum absolute atomic E-state index is 0.112. The second-order valence-electron chi connectivity index (χ2n) is 8.96. The molecular weight excluding hydrogens is 501 g/mol. The topological polar surface area (TPSA) is 85.9 Å². The van der Waals surface area contributed by atoms with Crippen molar-refractivity contribution in [3.05, 3.63) is 87.8 Å². The van der Waals surface area contributed by atoms with Crippen LogP contribution in [0, 0.1) is 0 Å². The molecule has 2 aromatic heterocycles. The molecule has 0 radical (unpaired) electrons. The Balaban J connectivity index is 1.58. The first-order valence-corrected chi connectivity index (χ1v) is 12.1. The summed E-state index contributed by atoms with van der Waals surface area (Å²) in [7, 11) is 0. The Morgan fingerprint density at radius 1 is 1.05 bits per heavy atom. The van der Waals surface area contributed by atoms with Gasteiger partial charge in [-0.15, -0.1) is 13.2 Å². The number of ether oxygens (including phenoxy) is 1. The van der Waals surface area contributed by atoms with Gasteiger partial charge in [0.15, 0.2) is 5.78 Å². The second-order valence-corrected chi connectivity index (χ2v) is 8.96. The van der Waals surface area contributed by atoms with Crippen molar-refractivity contribution in [2.75, 3.05) is 6.54 Å². The summed E-state index contributed by atoms with van der Waals surface area (Å²) in [6.45, 7) is 2.26. The lowest BCUT2D eigenvalue weighted by molar-refractivity contribution is -0.274. The number of ketones is 1. The van der Waals surface area contributed by atoms with Crippen LogP contribution in [0.3, 0.4) is 0 Å². The predicted molar refractivity (Wildman–Crippen MR) is 132 cm³/mol. The number of halogens is 3. The van der Waals surface area contributed by atoms with E-state index in [1.807, 2.05) is 37.3 Å². The highest BCUT2D eigenvalue weighted by Gasteiger charge is 2.35. The summed E-state index contributed by atoms with van der Waals surface area (Å²) in [6.07, 6.45) is -3.23. The number of nitrogens with zero attached hydrogens (tertiary/aromatic N) is 4. The second kappa shape index (κ2) is 9.81. The molecule has 11 heteroatoms. The summed E-state index contributed by atoms with van der Waals surface area (Å²) < 4.78 is 44.1. The van der Waals surface area contributed by atoms with Crippen molar-refractivity contribution in [3.63, 3.8) is 0 Å². The van der Waals surface area contributed by atoms with Crippen LogP contribution in [0.1, 0.15) is 46.2 Å². The zero-order valence-corrected chi connectivity index (χ0v) is 20.4. The fraction of sp³-hybridized carbons (Fsp3) is 0.259. The molecule has 1 amide bonds. The van der Waals surface area contributed by atoms with Gasteiger partial charge in [-0.3, -0.25) is 14.4 Å². The van der Waals surface area contributed by atoms with E-state index >= 15 is 0 Å². The smallest absolute Gasteiger partial charge is 0.406 e. The van der Waals surface area contributed by atoms with Crippen molar-refractivity contribution >= 4 is 17.3 Å². The number of carbonyl (C=O) groups excluding carboxylic acids is 2. The standard InChI is InChI=1S/C27H23F3N4O4/c1-2-3-13-32-15-20-24(26(32)37)33(16-22(35)18-9-11-19(12-10-18)38-27(28,29)30)23-14-21(31-34(23)25(20)36)17-7-5-4-6-8-17/h4-12,14H,2-3,13,15-16H2,1H3. The average Bonchev–Trinajstić information content (AvgIpc) is 3.48. The third-order valence-corrected chi connectivity index (χ3v) is 6.37. The Morgan fingerprint density at radius 2 is 1.76 bits per heavy atom. The van der Waals surface area contributed by atoms with Crippen LogP contribution >= 0.6 is 0 Å². The number of carbonyl (C=O) groups is 2. The number of hydrogen-bond donors (Lipinski definition) is 0. The molecule has 8 nitrogen and oxygen atoms in total. The van der Waals surface area contributed by atoms with E-state index in [4.69, 9.17) is 0 Å². The van der Waals surface area contributed by atoms with E-state index in [2.05, 4.69) is 9.84 Å². The molecule has 5 rings (SSSR count). The minimum atomic E-state index is -4.85. The van der Waals surface area contributed by atoms with Crippen LogP contribution in [0.25, 0.3) is 16.9 Å². The van der Waals surface area contributed by atoms with Crippen molar-refractivity contribution < 1.29 is 27.5 Å². The molecule has 196 valence electrons. The van der Waals surface area contributed by atoms with Crippen molar-refractivity contribution in [1.82, 2.24) is 19.1 Å². The summed E-state index contributed by atoms with van der Waals surface area (Å²) in [5.41, 5.74) is 1.60. The lowest BCUT2D eigenvalue weighted by Gasteiger charge is -2.16. The Kier molecular flexibility index (Phi) is 6.52. The van der Waals surface area contributed by atoms with Crippen LogP contribution in [0.4, 0.5) is 13.2 Å². The van der Waals surface area contributed by atoms with Crippen LogP contribution in [0.2, 0.25) is 0 Å². The fourth-order valence-electron chi connectivity index (χ4n) is 4.54. The van der Waals surface area contributed by atoms with Gasteiger partial charge in [-0.05, 0) is 30.7 Å². The third kappa shape index (κ3) is 4.79. The van der Waals surface area contributed by atoms with Gasteiger partial charge < -0.3 is 14.2 Å². The van der Waals surface area contributed by atoms with Crippen molar-refractivity contribution in [1.29, 1.82) is 0 Å². The van der Waals surface area contributed by atoms with Crippen LogP contribution in [-0.2, 0) is 13.1 Å². The molecule has 0 spiro atoms. The number of Topliss-reactive ketones (excluding diaryl/α,β-unsaturated/α-hetero) is 1. The Labute approximate surface area is 214 Å². The van der Waals surface area contributed by atoms with Gasteiger partial charge >= 0.3 is 6.36 Å². The number of amides is 1. The first-order valence-electron chi connectivity index (χ1n) is 12.1. The monoisotopic (exact) mass is 524 g/mol. The zero-order chi connectivity index (χ0) is 27.0. The van der Waals surface area contributed by atoms with Gasteiger partial charge in [0, 0.05) is 23.7 Å². The normalized spacial score (nSPS) is 13.3. The summed E-state index contributed by atoms with van der Waals surface area (Å²) in [5.74, 6) is -1.26.